The molecule has 0 saturated carbocycles. The molecule has 2 aromatic heterocycles. The van der Waals surface area contributed by atoms with Crippen LogP contribution in [-0.2, 0) is 6.54 Å². The van der Waals surface area contributed by atoms with Gasteiger partial charge in [0, 0.05) is 17.8 Å². The van der Waals surface area contributed by atoms with Crippen LogP contribution in [0, 0.1) is 6.92 Å². The van der Waals surface area contributed by atoms with E-state index < -0.39 is 0 Å². The lowest BCUT2D eigenvalue weighted by atomic mass is 10.2. The maximum Gasteiger partial charge on any atom is 0.141 e. The highest BCUT2D eigenvalue weighted by Gasteiger charge is 2.13. The fourth-order valence-corrected chi connectivity index (χ4v) is 3.43. The predicted molar refractivity (Wildman–Crippen MR) is 113 cm³/mol. The summed E-state index contributed by atoms with van der Waals surface area (Å²) in [6, 6.07) is 18.2. The van der Waals surface area contributed by atoms with E-state index in [1.807, 2.05) is 43.3 Å². The topological polar surface area (TPSA) is 42.7 Å². The first-order valence-electron chi connectivity index (χ1n) is 9.10. The van der Waals surface area contributed by atoms with E-state index in [1.54, 1.807) is 6.20 Å². The first-order valence-corrected chi connectivity index (χ1v) is 9.48. The summed E-state index contributed by atoms with van der Waals surface area (Å²) in [5, 5.41) is 3.98. The van der Waals surface area contributed by atoms with Crippen LogP contribution in [0.25, 0.3) is 22.4 Å². The molecule has 0 aliphatic carbocycles. The number of pyridine rings is 1. The molecule has 136 valence electrons. The molecule has 2 aromatic carbocycles. The third kappa shape index (κ3) is 3.53. The monoisotopic (exact) mass is 376 g/mol. The van der Waals surface area contributed by atoms with Crippen molar-refractivity contribution in [2.75, 3.05) is 5.32 Å². The number of imidazole rings is 1. The average Bonchev–Trinajstić information content (AvgIpc) is 3.04. The summed E-state index contributed by atoms with van der Waals surface area (Å²) >= 11 is 6.57. The number of para-hydroxylation sites is 2. The van der Waals surface area contributed by atoms with Crippen molar-refractivity contribution in [2.45, 2.75) is 26.8 Å². The number of hydrogen-bond acceptors (Lipinski definition) is 3. The molecule has 4 rings (SSSR count). The average molecular weight is 377 g/mol. The SMILES string of the molecule is CCCn1c(-c2ccc(Nc3ccc(C)nc3)c(Cl)c2)nc2ccccc21. The van der Waals surface area contributed by atoms with Crippen molar-refractivity contribution >= 4 is 34.0 Å². The molecule has 0 radical (unpaired) electrons. The van der Waals surface area contributed by atoms with E-state index in [4.69, 9.17) is 16.6 Å². The molecule has 1 N–H and O–H groups in total. The third-order valence-electron chi connectivity index (χ3n) is 4.52. The van der Waals surface area contributed by atoms with E-state index in [1.165, 1.54) is 0 Å². The van der Waals surface area contributed by atoms with E-state index >= 15 is 0 Å². The fourth-order valence-electron chi connectivity index (χ4n) is 3.20. The quantitative estimate of drug-likeness (QED) is 0.450. The van der Waals surface area contributed by atoms with E-state index in [0.717, 1.165) is 52.5 Å². The van der Waals surface area contributed by atoms with Crippen molar-refractivity contribution in [3.63, 3.8) is 0 Å². The maximum absolute atomic E-state index is 6.57. The summed E-state index contributed by atoms with van der Waals surface area (Å²) < 4.78 is 2.26. The number of rotatable bonds is 5. The Bertz CT molecular complexity index is 1080. The van der Waals surface area contributed by atoms with Gasteiger partial charge in [0.05, 0.1) is 33.6 Å². The van der Waals surface area contributed by atoms with E-state index in [-0.39, 0.29) is 0 Å². The van der Waals surface area contributed by atoms with Crippen molar-refractivity contribution in [2.24, 2.45) is 0 Å². The summed E-state index contributed by atoms with van der Waals surface area (Å²) in [7, 11) is 0. The molecule has 0 amide bonds. The van der Waals surface area contributed by atoms with Crippen LogP contribution in [0.5, 0.6) is 0 Å². The first-order chi connectivity index (χ1) is 13.2. The summed E-state index contributed by atoms with van der Waals surface area (Å²) in [6.45, 7) is 5.06. The van der Waals surface area contributed by atoms with Gasteiger partial charge < -0.3 is 9.88 Å². The van der Waals surface area contributed by atoms with Gasteiger partial charge in [-0.25, -0.2) is 4.98 Å². The summed E-state index contributed by atoms with van der Waals surface area (Å²) in [4.78, 5) is 9.15. The van der Waals surface area contributed by atoms with Crippen molar-refractivity contribution < 1.29 is 0 Å². The highest BCUT2D eigenvalue weighted by Crippen LogP contribution is 2.32. The Morgan fingerprint density at radius 3 is 2.67 bits per heavy atom. The Kier molecular flexibility index (Phi) is 4.82. The van der Waals surface area contributed by atoms with Gasteiger partial charge in [-0.15, -0.1) is 0 Å². The van der Waals surface area contributed by atoms with Crippen molar-refractivity contribution in [1.29, 1.82) is 0 Å². The van der Waals surface area contributed by atoms with E-state index in [9.17, 15) is 0 Å². The second kappa shape index (κ2) is 7.41. The lowest BCUT2D eigenvalue weighted by molar-refractivity contribution is 0.704. The molecular weight excluding hydrogens is 356 g/mol. The van der Waals surface area contributed by atoms with Gasteiger partial charge in [-0.3, -0.25) is 4.98 Å². The Hall–Kier alpha value is -2.85. The number of nitrogens with zero attached hydrogens (tertiary/aromatic N) is 3. The smallest absolute Gasteiger partial charge is 0.141 e. The molecule has 0 unspecified atom stereocenters. The van der Waals surface area contributed by atoms with Crippen LogP contribution in [0.4, 0.5) is 11.4 Å². The molecular formula is C22H21ClN4. The minimum absolute atomic E-state index is 0.656. The van der Waals surface area contributed by atoms with Gasteiger partial charge in [-0.2, -0.15) is 0 Å². The van der Waals surface area contributed by atoms with Crippen LogP contribution in [0.15, 0.2) is 60.8 Å². The highest BCUT2D eigenvalue weighted by atomic mass is 35.5. The minimum atomic E-state index is 0.656. The molecule has 0 fully saturated rings. The number of aryl methyl sites for hydroxylation is 2. The van der Waals surface area contributed by atoms with E-state index in [0.29, 0.717) is 5.02 Å². The first kappa shape index (κ1) is 17.6. The summed E-state index contributed by atoms with van der Waals surface area (Å²) in [5.74, 6) is 0.948. The molecule has 27 heavy (non-hydrogen) atoms. The fraction of sp³-hybridized carbons (Fsp3) is 0.182. The normalized spacial score (nSPS) is 11.1. The summed E-state index contributed by atoms with van der Waals surface area (Å²) in [6.07, 6.45) is 2.85. The van der Waals surface area contributed by atoms with Gasteiger partial charge in [0.15, 0.2) is 0 Å². The molecule has 2 heterocycles. The molecule has 0 bridgehead atoms. The lowest BCUT2D eigenvalue weighted by Crippen LogP contribution is -2.00. The number of anilines is 2. The molecule has 0 atom stereocenters. The lowest BCUT2D eigenvalue weighted by Gasteiger charge is -2.11. The summed E-state index contributed by atoms with van der Waals surface area (Å²) in [5.41, 5.74) is 5.91. The van der Waals surface area contributed by atoms with Gasteiger partial charge in [0.25, 0.3) is 0 Å². The van der Waals surface area contributed by atoms with Gasteiger partial charge >= 0.3 is 0 Å². The second-order valence-electron chi connectivity index (χ2n) is 6.58. The Morgan fingerprint density at radius 2 is 1.93 bits per heavy atom. The van der Waals surface area contributed by atoms with Crippen LogP contribution >= 0.6 is 11.6 Å². The molecule has 0 saturated heterocycles. The zero-order valence-electron chi connectivity index (χ0n) is 15.4. The minimum Gasteiger partial charge on any atom is -0.353 e. The second-order valence-corrected chi connectivity index (χ2v) is 6.99. The number of hydrogen-bond donors (Lipinski definition) is 1. The number of fused-ring (bicyclic) bond motifs is 1. The zero-order chi connectivity index (χ0) is 18.8. The Morgan fingerprint density at radius 1 is 1.07 bits per heavy atom. The molecule has 0 aliphatic heterocycles. The zero-order valence-corrected chi connectivity index (χ0v) is 16.2. The molecule has 5 heteroatoms. The third-order valence-corrected chi connectivity index (χ3v) is 4.83. The number of benzene rings is 2. The molecule has 0 aliphatic rings. The number of nitrogens with one attached hydrogen (secondary N) is 1. The van der Waals surface area contributed by atoms with Crippen molar-refractivity contribution in [3.05, 3.63) is 71.5 Å². The predicted octanol–water partition coefficient (Wildman–Crippen LogP) is 6.21. The van der Waals surface area contributed by atoms with Crippen LogP contribution in [0.1, 0.15) is 19.0 Å². The van der Waals surface area contributed by atoms with Crippen LogP contribution < -0.4 is 5.32 Å². The molecule has 4 nitrogen and oxygen atoms in total. The maximum atomic E-state index is 6.57. The number of halogens is 1. The number of aromatic nitrogens is 3. The van der Waals surface area contributed by atoms with Crippen LogP contribution in [0.2, 0.25) is 5.02 Å². The van der Waals surface area contributed by atoms with Gasteiger partial charge in [-0.05, 0) is 55.8 Å². The van der Waals surface area contributed by atoms with E-state index in [2.05, 4.69) is 40.0 Å². The van der Waals surface area contributed by atoms with Gasteiger partial charge in [0.2, 0.25) is 0 Å². The standard InChI is InChI=1S/C22H21ClN4/c1-3-12-27-21-7-5-4-6-20(21)26-22(27)16-9-11-19(18(23)13-16)25-17-10-8-15(2)24-14-17/h4-11,13-14,25H,3,12H2,1-2H3. The molecule has 4 aromatic rings. The Balaban J connectivity index is 1.71. The van der Waals surface area contributed by atoms with Gasteiger partial charge in [0.1, 0.15) is 5.82 Å². The molecule has 0 spiro atoms. The van der Waals surface area contributed by atoms with Crippen molar-refractivity contribution in [3.8, 4) is 11.4 Å². The van der Waals surface area contributed by atoms with Crippen LogP contribution in [-0.4, -0.2) is 14.5 Å². The largest absolute Gasteiger partial charge is 0.353 e. The van der Waals surface area contributed by atoms with Gasteiger partial charge in [-0.1, -0.05) is 30.7 Å². The Labute approximate surface area is 163 Å². The highest BCUT2D eigenvalue weighted by molar-refractivity contribution is 6.33. The van der Waals surface area contributed by atoms with Crippen LogP contribution in [0.3, 0.4) is 0 Å². The van der Waals surface area contributed by atoms with Crippen molar-refractivity contribution in [1.82, 2.24) is 14.5 Å².